The molecule has 1 rings (SSSR count). The highest BCUT2D eigenvalue weighted by Crippen LogP contribution is 2.13. The van der Waals surface area contributed by atoms with Crippen molar-refractivity contribution in [3.05, 3.63) is 12.2 Å². The molecule has 11 heavy (non-hydrogen) atoms. The number of nitrogens with zero attached hydrogens (tertiary/aromatic N) is 2. The fraction of sp³-hybridized carbons (Fsp3) is 0.667. The lowest BCUT2D eigenvalue weighted by molar-refractivity contribution is 0.300. The molecule has 0 saturated carbocycles. The first-order valence-electron chi connectivity index (χ1n) is 3.30. The number of hydrogen-bond donors (Lipinski definition) is 1. The highest BCUT2D eigenvalue weighted by Gasteiger charge is 2.03. The molecule has 62 valence electrons. The van der Waals surface area contributed by atoms with E-state index in [1.807, 2.05) is 6.92 Å². The van der Waals surface area contributed by atoms with Gasteiger partial charge in [-0.05, 0) is 0 Å². The third-order valence-corrected chi connectivity index (χ3v) is 2.30. The fourth-order valence-electron chi connectivity index (χ4n) is 0.526. The Morgan fingerprint density at radius 3 is 3.18 bits per heavy atom. The maximum absolute atomic E-state index is 8.68. The van der Waals surface area contributed by atoms with E-state index in [4.69, 9.17) is 5.11 Å². The SMILES string of the molecule is CC(CO)SCc1ncon1. The van der Waals surface area contributed by atoms with Gasteiger partial charge in [0, 0.05) is 5.25 Å². The third-order valence-electron chi connectivity index (χ3n) is 1.16. The van der Waals surface area contributed by atoms with Crippen LogP contribution >= 0.6 is 11.8 Å². The van der Waals surface area contributed by atoms with E-state index in [0.717, 1.165) is 0 Å². The van der Waals surface area contributed by atoms with Crippen LogP contribution in [0.4, 0.5) is 0 Å². The van der Waals surface area contributed by atoms with Crippen molar-refractivity contribution in [3.8, 4) is 0 Å². The molecular weight excluding hydrogens is 164 g/mol. The first-order valence-corrected chi connectivity index (χ1v) is 4.35. The molecule has 0 fully saturated rings. The number of aromatic nitrogens is 2. The van der Waals surface area contributed by atoms with Gasteiger partial charge in [0.05, 0.1) is 12.4 Å². The topological polar surface area (TPSA) is 59.2 Å². The van der Waals surface area contributed by atoms with Gasteiger partial charge in [0.2, 0.25) is 6.39 Å². The van der Waals surface area contributed by atoms with Gasteiger partial charge in [-0.2, -0.15) is 4.98 Å². The minimum absolute atomic E-state index is 0.183. The summed E-state index contributed by atoms with van der Waals surface area (Å²) in [4.78, 5) is 3.84. The van der Waals surface area contributed by atoms with Gasteiger partial charge in [0.15, 0.2) is 5.82 Å². The summed E-state index contributed by atoms with van der Waals surface area (Å²) in [6.45, 7) is 2.13. The quantitative estimate of drug-likeness (QED) is 0.727. The molecule has 0 aliphatic rings. The summed E-state index contributed by atoms with van der Waals surface area (Å²) in [5.74, 6) is 1.37. The van der Waals surface area contributed by atoms with E-state index >= 15 is 0 Å². The summed E-state index contributed by atoms with van der Waals surface area (Å²) < 4.78 is 4.54. The second-order valence-electron chi connectivity index (χ2n) is 2.15. The Bertz CT molecular complexity index is 190. The Morgan fingerprint density at radius 2 is 2.64 bits per heavy atom. The maximum atomic E-state index is 8.68. The molecule has 0 saturated heterocycles. The Morgan fingerprint density at radius 1 is 1.82 bits per heavy atom. The lowest BCUT2D eigenvalue weighted by atomic mass is 10.5. The van der Waals surface area contributed by atoms with Crippen molar-refractivity contribution in [1.29, 1.82) is 0 Å². The molecule has 0 radical (unpaired) electrons. The smallest absolute Gasteiger partial charge is 0.213 e. The van der Waals surface area contributed by atoms with Crippen LogP contribution in [0.1, 0.15) is 12.7 Å². The van der Waals surface area contributed by atoms with Gasteiger partial charge in [-0.1, -0.05) is 12.1 Å². The second-order valence-corrected chi connectivity index (χ2v) is 3.58. The Labute approximate surface area is 69.0 Å². The summed E-state index contributed by atoms with van der Waals surface area (Å²) in [5.41, 5.74) is 0. The van der Waals surface area contributed by atoms with Gasteiger partial charge in [0.1, 0.15) is 0 Å². The average molecular weight is 174 g/mol. The summed E-state index contributed by atoms with van der Waals surface area (Å²) in [6.07, 6.45) is 1.31. The Balaban J connectivity index is 2.23. The van der Waals surface area contributed by atoms with Crippen LogP contribution in [-0.2, 0) is 5.75 Å². The molecule has 1 aromatic heterocycles. The summed E-state index contributed by atoms with van der Waals surface area (Å²) in [6, 6.07) is 0. The van der Waals surface area contributed by atoms with Crippen molar-refractivity contribution in [2.24, 2.45) is 0 Å². The fourth-order valence-corrected chi connectivity index (χ4v) is 1.19. The summed E-state index contributed by atoms with van der Waals surface area (Å²) >= 11 is 1.60. The molecule has 4 nitrogen and oxygen atoms in total. The molecule has 1 atom stereocenters. The van der Waals surface area contributed by atoms with Crippen LogP contribution in [0.25, 0.3) is 0 Å². The molecule has 0 aliphatic carbocycles. The van der Waals surface area contributed by atoms with Crippen molar-refractivity contribution in [3.63, 3.8) is 0 Å². The van der Waals surface area contributed by atoms with Crippen LogP contribution < -0.4 is 0 Å². The number of aliphatic hydroxyl groups excluding tert-OH is 1. The van der Waals surface area contributed by atoms with E-state index in [1.165, 1.54) is 6.39 Å². The van der Waals surface area contributed by atoms with Crippen LogP contribution in [-0.4, -0.2) is 27.1 Å². The minimum Gasteiger partial charge on any atom is -0.395 e. The minimum atomic E-state index is 0.183. The molecule has 1 unspecified atom stereocenters. The second kappa shape index (κ2) is 4.35. The molecule has 0 amide bonds. The largest absolute Gasteiger partial charge is 0.395 e. The molecule has 0 aromatic carbocycles. The lowest BCUT2D eigenvalue weighted by Gasteiger charge is -2.03. The molecule has 0 aliphatic heterocycles. The highest BCUT2D eigenvalue weighted by atomic mass is 32.2. The molecule has 5 heteroatoms. The van der Waals surface area contributed by atoms with Crippen LogP contribution in [0, 0.1) is 0 Å². The molecule has 1 aromatic rings. The van der Waals surface area contributed by atoms with E-state index in [0.29, 0.717) is 11.6 Å². The van der Waals surface area contributed by atoms with Crippen molar-refractivity contribution in [2.45, 2.75) is 17.9 Å². The van der Waals surface area contributed by atoms with Crippen LogP contribution in [0.5, 0.6) is 0 Å². The molecular formula is C6H10N2O2S. The average Bonchev–Trinajstić information content (AvgIpc) is 2.52. The molecule has 1 heterocycles. The van der Waals surface area contributed by atoms with Gasteiger partial charge in [-0.25, -0.2) is 0 Å². The van der Waals surface area contributed by atoms with Crippen LogP contribution in [0.3, 0.4) is 0 Å². The van der Waals surface area contributed by atoms with Gasteiger partial charge >= 0.3 is 0 Å². The first-order chi connectivity index (χ1) is 5.33. The summed E-state index contributed by atoms with van der Waals surface area (Å²) in [5, 5.41) is 12.5. The van der Waals surface area contributed by atoms with Crippen LogP contribution in [0.15, 0.2) is 10.9 Å². The van der Waals surface area contributed by atoms with Gasteiger partial charge in [-0.15, -0.1) is 11.8 Å². The lowest BCUT2D eigenvalue weighted by Crippen LogP contribution is -2.02. The zero-order valence-corrected chi connectivity index (χ0v) is 7.04. The summed E-state index contributed by atoms with van der Waals surface area (Å²) in [7, 11) is 0. The zero-order valence-electron chi connectivity index (χ0n) is 6.23. The Kier molecular flexibility index (Phi) is 3.38. The Hall–Kier alpha value is -0.550. The van der Waals surface area contributed by atoms with Crippen LogP contribution in [0.2, 0.25) is 0 Å². The number of thioether (sulfide) groups is 1. The number of hydrogen-bond acceptors (Lipinski definition) is 5. The normalized spacial score (nSPS) is 13.3. The van der Waals surface area contributed by atoms with E-state index in [-0.39, 0.29) is 11.9 Å². The number of aliphatic hydroxyl groups is 1. The van der Waals surface area contributed by atoms with E-state index in [1.54, 1.807) is 11.8 Å². The molecule has 0 bridgehead atoms. The van der Waals surface area contributed by atoms with Crippen molar-refractivity contribution >= 4 is 11.8 Å². The molecule has 1 N–H and O–H groups in total. The zero-order chi connectivity index (χ0) is 8.10. The predicted molar refractivity (Wildman–Crippen MR) is 42.1 cm³/mol. The first kappa shape index (κ1) is 8.55. The highest BCUT2D eigenvalue weighted by molar-refractivity contribution is 7.99. The van der Waals surface area contributed by atoms with E-state index in [9.17, 15) is 0 Å². The van der Waals surface area contributed by atoms with E-state index in [2.05, 4.69) is 14.7 Å². The third kappa shape index (κ3) is 2.90. The van der Waals surface area contributed by atoms with Crippen molar-refractivity contribution < 1.29 is 9.63 Å². The van der Waals surface area contributed by atoms with Gasteiger partial charge in [0.25, 0.3) is 0 Å². The number of rotatable bonds is 4. The molecule has 0 spiro atoms. The van der Waals surface area contributed by atoms with Gasteiger partial charge < -0.3 is 9.63 Å². The van der Waals surface area contributed by atoms with Gasteiger partial charge in [-0.3, -0.25) is 0 Å². The van der Waals surface area contributed by atoms with E-state index < -0.39 is 0 Å². The standard InChI is InChI=1S/C6H10N2O2S/c1-5(2-9)11-3-6-7-4-10-8-6/h4-5,9H,2-3H2,1H3. The van der Waals surface area contributed by atoms with Crippen molar-refractivity contribution in [1.82, 2.24) is 10.1 Å². The van der Waals surface area contributed by atoms with Crippen molar-refractivity contribution in [2.75, 3.05) is 6.61 Å². The monoisotopic (exact) mass is 174 g/mol. The predicted octanol–water partition coefficient (Wildman–Crippen LogP) is 0.684. The maximum Gasteiger partial charge on any atom is 0.213 e.